The summed E-state index contributed by atoms with van der Waals surface area (Å²) in [5.41, 5.74) is 6.19. The molecule has 7 nitrogen and oxygen atoms in total. The molecule has 0 fully saturated rings. The molecule has 0 aliphatic rings. The zero-order chi connectivity index (χ0) is 21.6. The number of H-pyrrole nitrogens is 1. The fourth-order valence-electron chi connectivity index (χ4n) is 3.33. The van der Waals surface area contributed by atoms with Gasteiger partial charge in [-0.2, -0.15) is 0 Å². The second kappa shape index (κ2) is 10.1. The van der Waals surface area contributed by atoms with Crippen LogP contribution in [0, 0.1) is 5.92 Å². The number of benzene rings is 1. The highest BCUT2D eigenvalue weighted by Gasteiger charge is 2.25. The Morgan fingerprint density at radius 2 is 1.83 bits per heavy atom. The number of aromatic amines is 1. The van der Waals surface area contributed by atoms with E-state index in [1.807, 2.05) is 58.0 Å². The zero-order valence-electron chi connectivity index (χ0n) is 17.8. The molecule has 1 atom stereocenters. The first-order valence-corrected chi connectivity index (χ1v) is 10.2. The lowest BCUT2D eigenvalue weighted by molar-refractivity contribution is -0.119. The molecule has 1 aromatic carbocycles. The van der Waals surface area contributed by atoms with Gasteiger partial charge in [0.1, 0.15) is 5.82 Å². The predicted molar refractivity (Wildman–Crippen MR) is 117 cm³/mol. The number of rotatable bonds is 9. The Balaban J connectivity index is 2.42. The van der Waals surface area contributed by atoms with Crippen molar-refractivity contribution in [2.45, 2.75) is 59.4 Å². The topological polar surface area (TPSA) is 101 Å². The molecule has 158 valence electrons. The highest BCUT2D eigenvalue weighted by atomic mass is 16.2. The number of hydrogen-bond donors (Lipinski definition) is 2. The lowest BCUT2D eigenvalue weighted by atomic mass is 9.97. The number of carbonyl (C=O) groups is 1. The summed E-state index contributed by atoms with van der Waals surface area (Å²) in [6, 6.07) is 9.78. The number of nitrogens with two attached hydrogens (primary N) is 1. The molecule has 0 bridgehead atoms. The first-order valence-electron chi connectivity index (χ1n) is 10.2. The average molecular weight is 401 g/mol. The molecule has 2 aromatic rings. The van der Waals surface area contributed by atoms with Crippen molar-refractivity contribution in [1.29, 1.82) is 0 Å². The Labute approximate surface area is 171 Å². The summed E-state index contributed by atoms with van der Waals surface area (Å²) >= 11 is 0. The van der Waals surface area contributed by atoms with E-state index in [4.69, 9.17) is 5.73 Å². The van der Waals surface area contributed by atoms with E-state index in [2.05, 4.69) is 4.98 Å². The van der Waals surface area contributed by atoms with Gasteiger partial charge in [-0.15, -0.1) is 0 Å². The number of nitrogen functional groups attached to an aromatic ring is 1. The largest absolute Gasteiger partial charge is 0.383 e. The molecule has 0 saturated carbocycles. The predicted octanol–water partition coefficient (Wildman–Crippen LogP) is 3.10. The van der Waals surface area contributed by atoms with Gasteiger partial charge in [0, 0.05) is 19.5 Å². The molecule has 7 heteroatoms. The van der Waals surface area contributed by atoms with Crippen LogP contribution in [0.2, 0.25) is 0 Å². The number of nitrogens with one attached hydrogen (secondary N) is 1. The number of aromatic nitrogens is 2. The van der Waals surface area contributed by atoms with Gasteiger partial charge in [0.15, 0.2) is 5.69 Å². The minimum Gasteiger partial charge on any atom is -0.383 e. The van der Waals surface area contributed by atoms with E-state index in [0.29, 0.717) is 13.1 Å². The fourth-order valence-corrected chi connectivity index (χ4v) is 3.33. The third-order valence-electron chi connectivity index (χ3n) is 4.92. The molecular weight excluding hydrogens is 368 g/mol. The Kier molecular flexibility index (Phi) is 7.82. The highest BCUT2D eigenvalue weighted by molar-refractivity contribution is 5.96. The summed E-state index contributed by atoms with van der Waals surface area (Å²) in [5, 5.41) is 0. The van der Waals surface area contributed by atoms with Gasteiger partial charge < -0.3 is 10.6 Å². The van der Waals surface area contributed by atoms with Crippen LogP contribution in [0.1, 0.15) is 58.4 Å². The van der Waals surface area contributed by atoms with Crippen molar-refractivity contribution in [1.82, 2.24) is 9.55 Å². The van der Waals surface area contributed by atoms with Crippen molar-refractivity contribution in [3.63, 3.8) is 0 Å². The van der Waals surface area contributed by atoms with E-state index in [-0.39, 0.29) is 35.7 Å². The van der Waals surface area contributed by atoms with E-state index in [1.54, 1.807) is 0 Å². The van der Waals surface area contributed by atoms with Gasteiger partial charge in [0.2, 0.25) is 5.91 Å². The van der Waals surface area contributed by atoms with Gasteiger partial charge >= 0.3 is 5.69 Å². The van der Waals surface area contributed by atoms with Crippen molar-refractivity contribution >= 4 is 17.4 Å². The molecule has 0 saturated heterocycles. The maximum absolute atomic E-state index is 13.2. The summed E-state index contributed by atoms with van der Waals surface area (Å²) in [5.74, 6) is 0.0207. The quantitative estimate of drug-likeness (QED) is 0.675. The first-order chi connectivity index (χ1) is 13.8. The average Bonchev–Trinajstić information content (AvgIpc) is 2.67. The van der Waals surface area contributed by atoms with Crippen LogP contribution in [0.25, 0.3) is 0 Å². The number of amides is 1. The van der Waals surface area contributed by atoms with Crippen LogP contribution in [0.5, 0.6) is 0 Å². The number of anilines is 2. The Hall–Kier alpha value is -2.83. The minimum atomic E-state index is -0.621. The van der Waals surface area contributed by atoms with E-state index in [0.717, 1.165) is 18.4 Å². The Morgan fingerprint density at radius 3 is 2.41 bits per heavy atom. The van der Waals surface area contributed by atoms with Crippen molar-refractivity contribution < 1.29 is 4.79 Å². The van der Waals surface area contributed by atoms with Gasteiger partial charge in [-0.05, 0) is 23.8 Å². The van der Waals surface area contributed by atoms with Crippen LogP contribution in [-0.2, 0) is 11.3 Å². The van der Waals surface area contributed by atoms with Crippen molar-refractivity contribution in [2.24, 2.45) is 5.92 Å². The standard InChI is InChI=1S/C22H32N4O3/c1-5-6-12-25(18(27)13-16(4)17-10-8-7-9-11-17)19-20(23)26(14-15(2)3)22(29)24-21(19)28/h7-11,15-16H,5-6,12-14,23H2,1-4H3,(H,24,28,29). The van der Waals surface area contributed by atoms with Gasteiger partial charge in [-0.25, -0.2) is 4.79 Å². The van der Waals surface area contributed by atoms with E-state index < -0.39 is 11.2 Å². The number of unbranched alkanes of at least 4 members (excludes halogenated alkanes) is 1. The molecular formula is C22H32N4O3. The van der Waals surface area contributed by atoms with Crippen LogP contribution in [0.15, 0.2) is 39.9 Å². The molecule has 0 aliphatic heterocycles. The van der Waals surface area contributed by atoms with E-state index in [1.165, 1.54) is 9.47 Å². The fraction of sp³-hybridized carbons (Fsp3) is 0.500. The monoisotopic (exact) mass is 400 g/mol. The second-order valence-corrected chi connectivity index (χ2v) is 7.91. The Morgan fingerprint density at radius 1 is 1.17 bits per heavy atom. The maximum atomic E-state index is 13.2. The van der Waals surface area contributed by atoms with Crippen LogP contribution in [-0.4, -0.2) is 22.0 Å². The number of carbonyl (C=O) groups excluding carboxylic acids is 1. The summed E-state index contributed by atoms with van der Waals surface area (Å²) in [6.45, 7) is 8.66. The molecule has 1 heterocycles. The molecule has 0 spiro atoms. The second-order valence-electron chi connectivity index (χ2n) is 7.91. The molecule has 29 heavy (non-hydrogen) atoms. The van der Waals surface area contributed by atoms with Crippen molar-refractivity contribution in [3.8, 4) is 0 Å². The summed E-state index contributed by atoms with van der Waals surface area (Å²) < 4.78 is 1.34. The third-order valence-corrected chi connectivity index (χ3v) is 4.92. The molecule has 1 amide bonds. The highest BCUT2D eigenvalue weighted by Crippen LogP contribution is 2.24. The van der Waals surface area contributed by atoms with E-state index >= 15 is 0 Å². The zero-order valence-corrected chi connectivity index (χ0v) is 17.8. The van der Waals surface area contributed by atoms with Gasteiger partial charge in [0.05, 0.1) is 0 Å². The van der Waals surface area contributed by atoms with Gasteiger partial charge in [0.25, 0.3) is 5.56 Å². The van der Waals surface area contributed by atoms with Crippen molar-refractivity contribution in [3.05, 3.63) is 56.7 Å². The minimum absolute atomic E-state index is 0.00491. The SMILES string of the molecule is CCCCN(C(=O)CC(C)c1ccccc1)c1c(N)n(CC(C)C)c(=O)[nH]c1=O. The van der Waals surface area contributed by atoms with Crippen LogP contribution >= 0.6 is 0 Å². The van der Waals surface area contributed by atoms with Gasteiger partial charge in [-0.3, -0.25) is 19.1 Å². The van der Waals surface area contributed by atoms with Crippen molar-refractivity contribution in [2.75, 3.05) is 17.2 Å². The Bertz CT molecular complexity index is 931. The summed E-state index contributed by atoms with van der Waals surface area (Å²) in [4.78, 5) is 41.8. The first kappa shape index (κ1) is 22.5. The lowest BCUT2D eigenvalue weighted by Gasteiger charge is -2.26. The molecule has 3 N–H and O–H groups in total. The van der Waals surface area contributed by atoms with Crippen LogP contribution < -0.4 is 21.9 Å². The summed E-state index contributed by atoms with van der Waals surface area (Å²) in [6.07, 6.45) is 1.84. The maximum Gasteiger partial charge on any atom is 0.330 e. The normalized spacial score (nSPS) is 12.2. The molecule has 2 rings (SSSR count). The molecule has 1 aromatic heterocycles. The number of hydrogen-bond acceptors (Lipinski definition) is 4. The molecule has 1 unspecified atom stereocenters. The molecule has 0 aliphatic carbocycles. The lowest BCUT2D eigenvalue weighted by Crippen LogP contribution is -2.42. The van der Waals surface area contributed by atoms with Gasteiger partial charge in [-0.1, -0.05) is 64.4 Å². The summed E-state index contributed by atoms with van der Waals surface area (Å²) in [7, 11) is 0. The van der Waals surface area contributed by atoms with Crippen LogP contribution in [0.3, 0.4) is 0 Å². The van der Waals surface area contributed by atoms with Crippen LogP contribution in [0.4, 0.5) is 11.5 Å². The smallest absolute Gasteiger partial charge is 0.330 e. The molecule has 0 radical (unpaired) electrons. The van der Waals surface area contributed by atoms with E-state index in [9.17, 15) is 14.4 Å². The number of nitrogens with zero attached hydrogens (tertiary/aromatic N) is 2. The third kappa shape index (κ3) is 5.59.